The Balaban J connectivity index is 1.30. The summed E-state index contributed by atoms with van der Waals surface area (Å²) < 4.78 is 5.63. The van der Waals surface area contributed by atoms with E-state index in [1.54, 1.807) is 6.92 Å². The Kier molecular flexibility index (Phi) is 8.76. The quantitative estimate of drug-likeness (QED) is 0.273. The van der Waals surface area contributed by atoms with Crippen LogP contribution in [-0.2, 0) is 14.3 Å². The predicted molar refractivity (Wildman–Crippen MR) is 154 cm³/mol. The number of likely N-dealkylation sites (N-methyl/N-ethyl adjacent to an activating group) is 1. The number of ether oxygens (including phenoxy) is 1. The highest BCUT2D eigenvalue weighted by atomic mass is 16.6. The van der Waals surface area contributed by atoms with E-state index in [4.69, 9.17) is 4.74 Å². The van der Waals surface area contributed by atoms with E-state index < -0.39 is 18.1 Å². The van der Waals surface area contributed by atoms with Crippen molar-refractivity contribution < 1.29 is 29.3 Å². The van der Waals surface area contributed by atoms with E-state index in [9.17, 15) is 24.6 Å². The number of rotatable bonds is 10. The predicted octanol–water partition coefficient (Wildman–Crippen LogP) is 6.15. The highest BCUT2D eigenvalue weighted by molar-refractivity contribution is 6.22. The van der Waals surface area contributed by atoms with Gasteiger partial charge in [0, 0.05) is 38.1 Å². The number of nitrogens with zero attached hydrogens (tertiary/aromatic N) is 2. The molecule has 0 radical (unpaired) electrons. The maximum absolute atomic E-state index is 12.9. The number of allylic oxidation sites excluding steroid dienone is 2. The minimum absolute atomic E-state index is 0.0816. The highest BCUT2D eigenvalue weighted by Crippen LogP contribution is 2.44. The molecule has 0 fully saturated rings. The molecule has 0 saturated heterocycles. The van der Waals surface area contributed by atoms with E-state index in [2.05, 4.69) is 17.1 Å². The number of carboxylic acid groups (broad SMARTS) is 1. The van der Waals surface area contributed by atoms with Gasteiger partial charge in [-0.05, 0) is 53.9 Å². The van der Waals surface area contributed by atoms with Gasteiger partial charge in [-0.2, -0.15) is 0 Å². The number of aliphatic hydroxyl groups excluding tert-OH is 1. The maximum Gasteiger partial charge on any atom is 0.410 e. The minimum Gasteiger partial charge on any atom is -0.511 e. The molecule has 0 spiro atoms. The third kappa shape index (κ3) is 6.27. The van der Waals surface area contributed by atoms with Crippen LogP contribution >= 0.6 is 0 Å². The summed E-state index contributed by atoms with van der Waals surface area (Å²) in [6, 6.07) is 15.0. The lowest BCUT2D eigenvalue weighted by Crippen LogP contribution is -2.43. The zero-order valence-electron chi connectivity index (χ0n) is 23.6. The van der Waals surface area contributed by atoms with Crippen LogP contribution in [0.1, 0.15) is 69.9 Å². The number of carboxylic acids is 1. The normalized spacial score (nSPS) is 17.3. The second kappa shape index (κ2) is 12.1. The number of carbonyl (C=O) groups excluding carboxylic acids is 2. The molecule has 40 heavy (non-hydrogen) atoms. The van der Waals surface area contributed by atoms with Crippen molar-refractivity contribution in [3.05, 3.63) is 71.0 Å². The van der Waals surface area contributed by atoms with Gasteiger partial charge in [0.05, 0.1) is 5.57 Å². The number of aliphatic carboxylic acids is 1. The van der Waals surface area contributed by atoms with Crippen molar-refractivity contribution in [2.24, 2.45) is 10.4 Å². The molecule has 212 valence electrons. The van der Waals surface area contributed by atoms with Gasteiger partial charge in [-0.25, -0.2) is 9.59 Å². The van der Waals surface area contributed by atoms with E-state index in [0.717, 1.165) is 27.2 Å². The van der Waals surface area contributed by atoms with Gasteiger partial charge in [0.2, 0.25) is 0 Å². The molecule has 2 aromatic rings. The molecule has 2 aliphatic carbocycles. The van der Waals surface area contributed by atoms with Gasteiger partial charge < -0.3 is 14.9 Å². The minimum atomic E-state index is -1.10. The van der Waals surface area contributed by atoms with Crippen LogP contribution in [0.15, 0.2) is 64.9 Å². The van der Waals surface area contributed by atoms with Crippen molar-refractivity contribution in [3.63, 3.8) is 0 Å². The molecule has 2 N–H and O–H groups in total. The van der Waals surface area contributed by atoms with Crippen LogP contribution in [0.5, 0.6) is 0 Å². The van der Waals surface area contributed by atoms with Crippen molar-refractivity contribution in [2.75, 3.05) is 20.2 Å². The third-order valence-electron chi connectivity index (χ3n) is 7.83. The monoisotopic (exact) mass is 546 g/mol. The smallest absolute Gasteiger partial charge is 0.410 e. The molecule has 1 amide bonds. The fraction of sp³-hybridized carbons (Fsp3) is 0.438. The average molecular weight is 547 g/mol. The van der Waals surface area contributed by atoms with Crippen molar-refractivity contribution in [1.82, 2.24) is 4.90 Å². The number of aliphatic imine (C=N–C) groups is 1. The number of fused-ring (bicyclic) bond motifs is 3. The van der Waals surface area contributed by atoms with E-state index in [0.29, 0.717) is 43.5 Å². The Hall–Kier alpha value is -3.94. The average Bonchev–Trinajstić information content (AvgIpc) is 3.21. The van der Waals surface area contributed by atoms with E-state index in [1.807, 2.05) is 50.2 Å². The lowest BCUT2D eigenvalue weighted by Gasteiger charge is -2.29. The van der Waals surface area contributed by atoms with Crippen molar-refractivity contribution in [3.8, 4) is 11.1 Å². The number of ketones is 1. The summed E-state index contributed by atoms with van der Waals surface area (Å²) in [4.78, 5) is 43.0. The number of benzene rings is 2. The van der Waals surface area contributed by atoms with Gasteiger partial charge in [-0.1, -0.05) is 62.4 Å². The molecule has 0 aliphatic heterocycles. The van der Waals surface area contributed by atoms with Gasteiger partial charge >= 0.3 is 12.1 Å². The first-order valence-electron chi connectivity index (χ1n) is 13.8. The number of Topliss-reactive ketones (excluding diaryl/α,β-unsaturated/α-hetero) is 1. The third-order valence-corrected chi connectivity index (χ3v) is 7.83. The summed E-state index contributed by atoms with van der Waals surface area (Å²) in [5.41, 5.74) is 4.96. The number of carbonyl (C=O) groups is 3. The van der Waals surface area contributed by atoms with Gasteiger partial charge in [0.25, 0.3) is 0 Å². The molecule has 1 atom stereocenters. The van der Waals surface area contributed by atoms with Crippen LogP contribution in [0, 0.1) is 5.41 Å². The lowest BCUT2D eigenvalue weighted by atomic mass is 9.76. The first-order valence-corrected chi connectivity index (χ1v) is 13.8. The van der Waals surface area contributed by atoms with Crippen LogP contribution in [0.25, 0.3) is 11.1 Å². The summed E-state index contributed by atoms with van der Waals surface area (Å²) >= 11 is 0. The first-order chi connectivity index (χ1) is 19.0. The number of amides is 1. The van der Waals surface area contributed by atoms with Gasteiger partial charge in [-0.3, -0.25) is 14.7 Å². The molecule has 0 bridgehead atoms. The van der Waals surface area contributed by atoms with E-state index >= 15 is 0 Å². The molecule has 0 aromatic heterocycles. The Labute approximate surface area is 235 Å². The van der Waals surface area contributed by atoms with Crippen molar-refractivity contribution in [2.45, 2.75) is 64.8 Å². The molecule has 4 rings (SSSR count). The summed E-state index contributed by atoms with van der Waals surface area (Å²) in [6.45, 7) is 6.12. The Bertz CT molecular complexity index is 1310. The molecule has 8 nitrogen and oxygen atoms in total. The van der Waals surface area contributed by atoms with E-state index in [1.165, 1.54) is 7.05 Å². The standard InChI is InChI=1S/C32H38N2O6/c1-20(29-27(35)17-32(2,3)18-28(29)36)33-16-10-9-15-26(30(37)38)34(4)31(39)40-19-25-23-13-7-5-11-21(23)22-12-6-8-14-24(22)25/h5-8,11-14,25-26,35H,9-10,15-19H2,1-4H3,(H,37,38)/t26-/m0/s1. The first kappa shape index (κ1) is 29.1. The fourth-order valence-electron chi connectivity index (χ4n) is 5.78. The van der Waals surface area contributed by atoms with Gasteiger partial charge in [0.1, 0.15) is 18.4 Å². The molecular formula is C32H38N2O6. The van der Waals surface area contributed by atoms with Gasteiger partial charge in [0.15, 0.2) is 5.78 Å². The molecule has 0 heterocycles. The molecule has 0 saturated carbocycles. The Morgan fingerprint density at radius 2 is 1.65 bits per heavy atom. The van der Waals surface area contributed by atoms with Crippen LogP contribution in [-0.4, -0.2) is 64.9 Å². The zero-order chi connectivity index (χ0) is 29.0. The fourth-order valence-corrected chi connectivity index (χ4v) is 5.78. The number of aliphatic hydroxyl groups is 1. The summed E-state index contributed by atoms with van der Waals surface area (Å²) in [5.74, 6) is -1.23. The molecule has 8 heteroatoms. The zero-order valence-corrected chi connectivity index (χ0v) is 23.6. The molecule has 2 aromatic carbocycles. The van der Waals surface area contributed by atoms with Crippen molar-refractivity contribution >= 4 is 23.6 Å². The Morgan fingerprint density at radius 3 is 2.23 bits per heavy atom. The number of hydrogen-bond donors (Lipinski definition) is 2. The maximum atomic E-state index is 12.9. The van der Waals surface area contributed by atoms with Crippen LogP contribution in [0.4, 0.5) is 4.79 Å². The SMILES string of the molecule is CC(=NCCCC[C@@H](C(=O)O)N(C)C(=O)OCC1c2ccccc2-c2ccccc21)C1=C(O)CC(C)(C)CC1=O. The summed E-state index contributed by atoms with van der Waals surface area (Å²) in [6.07, 6.45) is 1.45. The second-order valence-electron chi connectivity index (χ2n) is 11.5. The van der Waals surface area contributed by atoms with Crippen LogP contribution in [0.3, 0.4) is 0 Å². The lowest BCUT2D eigenvalue weighted by molar-refractivity contribution is -0.142. The summed E-state index contributed by atoms with van der Waals surface area (Å²) in [7, 11) is 1.45. The Morgan fingerprint density at radius 1 is 1.05 bits per heavy atom. The molecular weight excluding hydrogens is 508 g/mol. The topological polar surface area (TPSA) is 116 Å². The summed E-state index contributed by atoms with van der Waals surface area (Å²) in [5, 5.41) is 20.2. The van der Waals surface area contributed by atoms with Gasteiger partial charge in [-0.15, -0.1) is 0 Å². The second-order valence-corrected chi connectivity index (χ2v) is 11.5. The molecule has 2 aliphatic rings. The largest absolute Gasteiger partial charge is 0.511 e. The van der Waals surface area contributed by atoms with Crippen LogP contribution < -0.4 is 0 Å². The highest BCUT2D eigenvalue weighted by Gasteiger charge is 2.34. The number of unbranched alkanes of at least 4 members (excludes halogenated alkanes) is 1. The molecule has 0 unspecified atom stereocenters. The van der Waals surface area contributed by atoms with Crippen LogP contribution in [0.2, 0.25) is 0 Å². The van der Waals surface area contributed by atoms with E-state index in [-0.39, 0.29) is 35.9 Å². The number of hydrogen-bond acceptors (Lipinski definition) is 6. The van der Waals surface area contributed by atoms with Crippen molar-refractivity contribution in [1.29, 1.82) is 0 Å².